The van der Waals surface area contributed by atoms with Crippen molar-refractivity contribution in [3.63, 3.8) is 0 Å². The molecule has 0 bridgehead atoms. The maximum atomic E-state index is 11.6. The van der Waals surface area contributed by atoms with E-state index in [0.29, 0.717) is 24.1 Å². The average molecular weight is 277 g/mol. The Bertz CT molecular complexity index is 431. The Morgan fingerprint density at radius 2 is 2.20 bits per heavy atom. The van der Waals surface area contributed by atoms with E-state index in [2.05, 4.69) is 15.6 Å². The van der Waals surface area contributed by atoms with Crippen LogP contribution in [0.15, 0.2) is 18.3 Å². The van der Waals surface area contributed by atoms with Gasteiger partial charge in [0.05, 0.1) is 13.2 Å². The van der Waals surface area contributed by atoms with Crippen LogP contribution in [0.25, 0.3) is 0 Å². The SMILES string of the molecule is CNCC(=O)Nc1ncccc1OCC1CCCCC1. The molecule has 2 rings (SSSR count). The van der Waals surface area contributed by atoms with Crippen LogP contribution in [-0.2, 0) is 4.79 Å². The van der Waals surface area contributed by atoms with Crippen LogP contribution in [0.1, 0.15) is 32.1 Å². The molecule has 0 atom stereocenters. The molecule has 5 nitrogen and oxygen atoms in total. The van der Waals surface area contributed by atoms with Gasteiger partial charge in [0.1, 0.15) is 0 Å². The molecule has 1 aliphatic rings. The number of ether oxygens (including phenoxy) is 1. The van der Waals surface area contributed by atoms with Crippen LogP contribution < -0.4 is 15.4 Å². The predicted octanol–water partition coefficient (Wildman–Crippen LogP) is 2.20. The molecule has 0 unspecified atom stereocenters. The van der Waals surface area contributed by atoms with Crippen LogP contribution in [0.3, 0.4) is 0 Å². The van der Waals surface area contributed by atoms with Crippen molar-refractivity contribution in [2.24, 2.45) is 5.92 Å². The summed E-state index contributed by atoms with van der Waals surface area (Å²) < 4.78 is 5.86. The van der Waals surface area contributed by atoms with Gasteiger partial charge in [-0.15, -0.1) is 0 Å². The van der Waals surface area contributed by atoms with E-state index < -0.39 is 0 Å². The number of pyridine rings is 1. The van der Waals surface area contributed by atoms with E-state index in [4.69, 9.17) is 4.74 Å². The van der Waals surface area contributed by atoms with Gasteiger partial charge in [0.2, 0.25) is 5.91 Å². The number of aromatic nitrogens is 1. The lowest BCUT2D eigenvalue weighted by Gasteiger charge is -2.22. The summed E-state index contributed by atoms with van der Waals surface area (Å²) in [6, 6.07) is 3.68. The number of carbonyl (C=O) groups is 1. The van der Waals surface area contributed by atoms with Gasteiger partial charge in [0.25, 0.3) is 0 Å². The van der Waals surface area contributed by atoms with Gasteiger partial charge in [0.15, 0.2) is 11.6 Å². The second kappa shape index (κ2) is 7.85. The number of nitrogens with zero attached hydrogens (tertiary/aromatic N) is 1. The smallest absolute Gasteiger partial charge is 0.239 e. The fraction of sp³-hybridized carbons (Fsp3) is 0.600. The fourth-order valence-corrected chi connectivity index (χ4v) is 2.50. The number of likely N-dealkylation sites (N-methyl/N-ethyl adjacent to an activating group) is 1. The van der Waals surface area contributed by atoms with Crippen molar-refractivity contribution >= 4 is 11.7 Å². The third-order valence-corrected chi connectivity index (χ3v) is 3.57. The number of hydrogen-bond donors (Lipinski definition) is 2. The van der Waals surface area contributed by atoms with Crippen molar-refractivity contribution in [1.29, 1.82) is 0 Å². The number of rotatable bonds is 6. The zero-order chi connectivity index (χ0) is 14.2. The maximum Gasteiger partial charge on any atom is 0.239 e. The van der Waals surface area contributed by atoms with E-state index >= 15 is 0 Å². The minimum atomic E-state index is -0.117. The van der Waals surface area contributed by atoms with Crippen LogP contribution in [0.4, 0.5) is 5.82 Å². The molecule has 5 heteroatoms. The van der Waals surface area contributed by atoms with E-state index in [0.717, 1.165) is 0 Å². The minimum absolute atomic E-state index is 0.117. The third-order valence-electron chi connectivity index (χ3n) is 3.57. The first-order valence-corrected chi connectivity index (χ1v) is 7.32. The Hall–Kier alpha value is -1.62. The monoisotopic (exact) mass is 277 g/mol. The lowest BCUT2D eigenvalue weighted by Crippen LogP contribution is -2.26. The molecule has 110 valence electrons. The van der Waals surface area contributed by atoms with Crippen LogP contribution in [0, 0.1) is 5.92 Å². The van der Waals surface area contributed by atoms with Gasteiger partial charge in [-0.1, -0.05) is 19.3 Å². The van der Waals surface area contributed by atoms with Crippen LogP contribution in [0.5, 0.6) is 5.75 Å². The van der Waals surface area contributed by atoms with Crippen molar-refractivity contribution in [3.05, 3.63) is 18.3 Å². The molecule has 1 aliphatic carbocycles. The summed E-state index contributed by atoms with van der Waals surface area (Å²) in [5, 5.41) is 5.57. The molecule has 0 saturated heterocycles. The van der Waals surface area contributed by atoms with Gasteiger partial charge in [-0.3, -0.25) is 4.79 Å². The molecular weight excluding hydrogens is 254 g/mol. The van der Waals surface area contributed by atoms with Gasteiger partial charge >= 0.3 is 0 Å². The minimum Gasteiger partial charge on any atom is -0.489 e. The molecule has 0 aromatic carbocycles. The van der Waals surface area contributed by atoms with Crippen molar-refractivity contribution in [1.82, 2.24) is 10.3 Å². The number of anilines is 1. The Kier molecular flexibility index (Phi) is 5.80. The van der Waals surface area contributed by atoms with Crippen LogP contribution >= 0.6 is 0 Å². The number of amides is 1. The van der Waals surface area contributed by atoms with Crippen molar-refractivity contribution < 1.29 is 9.53 Å². The summed E-state index contributed by atoms with van der Waals surface area (Å²) in [5.74, 6) is 1.67. The Morgan fingerprint density at radius 3 is 2.95 bits per heavy atom. The molecule has 1 aromatic heterocycles. The highest BCUT2D eigenvalue weighted by atomic mass is 16.5. The van der Waals surface area contributed by atoms with Gasteiger partial charge < -0.3 is 15.4 Å². The van der Waals surface area contributed by atoms with E-state index in [1.165, 1.54) is 32.1 Å². The molecule has 0 spiro atoms. The topological polar surface area (TPSA) is 63.2 Å². The summed E-state index contributed by atoms with van der Waals surface area (Å²) in [5.41, 5.74) is 0. The second-order valence-electron chi connectivity index (χ2n) is 5.24. The molecule has 1 saturated carbocycles. The molecule has 2 N–H and O–H groups in total. The third kappa shape index (κ3) is 4.49. The van der Waals surface area contributed by atoms with Crippen molar-refractivity contribution in [2.75, 3.05) is 25.5 Å². The molecule has 0 radical (unpaired) electrons. The molecule has 1 fully saturated rings. The van der Waals surface area contributed by atoms with Gasteiger partial charge in [0, 0.05) is 6.20 Å². The second-order valence-corrected chi connectivity index (χ2v) is 5.24. The highest BCUT2D eigenvalue weighted by Gasteiger charge is 2.15. The maximum absolute atomic E-state index is 11.6. The van der Waals surface area contributed by atoms with Crippen molar-refractivity contribution in [3.8, 4) is 5.75 Å². The van der Waals surface area contributed by atoms with Crippen LogP contribution in [0.2, 0.25) is 0 Å². The normalized spacial score (nSPS) is 15.8. The average Bonchev–Trinajstić information content (AvgIpc) is 2.48. The first kappa shape index (κ1) is 14.8. The van der Waals surface area contributed by atoms with E-state index in [1.807, 2.05) is 12.1 Å². The van der Waals surface area contributed by atoms with E-state index in [1.54, 1.807) is 13.2 Å². The highest BCUT2D eigenvalue weighted by molar-refractivity contribution is 5.92. The van der Waals surface area contributed by atoms with E-state index in [-0.39, 0.29) is 12.5 Å². The predicted molar refractivity (Wildman–Crippen MR) is 78.9 cm³/mol. The number of nitrogens with one attached hydrogen (secondary N) is 2. The highest BCUT2D eigenvalue weighted by Crippen LogP contribution is 2.26. The molecule has 1 aromatic rings. The van der Waals surface area contributed by atoms with Gasteiger partial charge in [-0.25, -0.2) is 4.98 Å². The zero-order valence-electron chi connectivity index (χ0n) is 12.0. The Labute approximate surface area is 120 Å². The lowest BCUT2D eigenvalue weighted by molar-refractivity contribution is -0.115. The van der Waals surface area contributed by atoms with Crippen LogP contribution in [-0.4, -0.2) is 31.1 Å². The summed E-state index contributed by atoms with van der Waals surface area (Å²) in [4.78, 5) is 15.8. The number of carbonyl (C=O) groups excluding carboxylic acids is 1. The number of hydrogen-bond acceptors (Lipinski definition) is 4. The lowest BCUT2D eigenvalue weighted by atomic mass is 9.90. The molecule has 0 aliphatic heterocycles. The summed E-state index contributed by atoms with van der Waals surface area (Å²) >= 11 is 0. The van der Waals surface area contributed by atoms with Crippen molar-refractivity contribution in [2.45, 2.75) is 32.1 Å². The first-order valence-electron chi connectivity index (χ1n) is 7.32. The first-order chi connectivity index (χ1) is 9.79. The fourth-order valence-electron chi connectivity index (χ4n) is 2.50. The summed E-state index contributed by atoms with van der Waals surface area (Å²) in [6.07, 6.45) is 8.07. The Balaban J connectivity index is 1.91. The molecule has 1 heterocycles. The van der Waals surface area contributed by atoms with E-state index in [9.17, 15) is 4.79 Å². The standard InChI is InChI=1S/C15H23N3O2/c1-16-10-14(19)18-15-13(8-5-9-17-15)20-11-12-6-3-2-4-7-12/h5,8-9,12,16H,2-4,6-7,10-11H2,1H3,(H,17,18,19). The van der Waals surface area contributed by atoms with Gasteiger partial charge in [-0.2, -0.15) is 0 Å². The zero-order valence-corrected chi connectivity index (χ0v) is 12.0. The molecular formula is C15H23N3O2. The quantitative estimate of drug-likeness (QED) is 0.836. The van der Waals surface area contributed by atoms with Gasteiger partial charge in [-0.05, 0) is 37.9 Å². The summed E-state index contributed by atoms with van der Waals surface area (Å²) in [7, 11) is 1.73. The summed E-state index contributed by atoms with van der Waals surface area (Å²) in [6.45, 7) is 0.971. The Morgan fingerprint density at radius 1 is 1.40 bits per heavy atom. The molecule has 20 heavy (non-hydrogen) atoms. The largest absolute Gasteiger partial charge is 0.489 e. The molecule has 1 amide bonds.